The molecule has 1 aliphatic rings. The van der Waals surface area contributed by atoms with Gasteiger partial charge in [0.15, 0.2) is 5.15 Å². The topological polar surface area (TPSA) is 29.0 Å². The van der Waals surface area contributed by atoms with Gasteiger partial charge in [0, 0.05) is 6.54 Å². The van der Waals surface area contributed by atoms with Crippen LogP contribution in [0.5, 0.6) is 0 Å². The summed E-state index contributed by atoms with van der Waals surface area (Å²) in [5.74, 6) is 0.728. The van der Waals surface area contributed by atoms with E-state index in [0.29, 0.717) is 5.15 Å². The van der Waals surface area contributed by atoms with Gasteiger partial charge >= 0.3 is 0 Å². The van der Waals surface area contributed by atoms with E-state index in [-0.39, 0.29) is 0 Å². The standard InChI is InChI=1S/C13H20ClN3/c1-2-7-17-8-3-4-11(10-17)9-12-5-6-13(14)16-15-12/h5-6,11H,2-4,7-10H2,1H3/t11-/m1/s1. The molecule has 4 heteroatoms. The first-order valence-electron chi connectivity index (χ1n) is 6.48. The van der Waals surface area contributed by atoms with Crippen LogP contribution in [0.25, 0.3) is 0 Å². The van der Waals surface area contributed by atoms with Crippen LogP contribution in [0.3, 0.4) is 0 Å². The summed E-state index contributed by atoms with van der Waals surface area (Å²) >= 11 is 5.74. The van der Waals surface area contributed by atoms with Gasteiger partial charge in [-0.15, -0.1) is 5.10 Å². The number of likely N-dealkylation sites (tertiary alicyclic amines) is 1. The maximum atomic E-state index is 5.74. The maximum absolute atomic E-state index is 5.74. The number of halogens is 1. The minimum atomic E-state index is 0.477. The molecule has 17 heavy (non-hydrogen) atoms. The van der Waals surface area contributed by atoms with Crippen molar-refractivity contribution < 1.29 is 0 Å². The molecule has 0 bridgehead atoms. The summed E-state index contributed by atoms with van der Waals surface area (Å²) in [5, 5.41) is 8.52. The van der Waals surface area contributed by atoms with Crippen molar-refractivity contribution in [2.45, 2.75) is 32.6 Å². The molecule has 1 fully saturated rings. The van der Waals surface area contributed by atoms with Crippen molar-refractivity contribution in [2.24, 2.45) is 5.92 Å². The van der Waals surface area contributed by atoms with Gasteiger partial charge in [-0.2, -0.15) is 5.10 Å². The third-order valence-electron chi connectivity index (χ3n) is 3.33. The van der Waals surface area contributed by atoms with Crippen molar-refractivity contribution in [3.05, 3.63) is 23.0 Å². The second kappa shape index (κ2) is 6.31. The number of aromatic nitrogens is 2. The monoisotopic (exact) mass is 253 g/mol. The smallest absolute Gasteiger partial charge is 0.151 e. The number of nitrogens with zero attached hydrogens (tertiary/aromatic N) is 3. The molecule has 1 aliphatic heterocycles. The highest BCUT2D eigenvalue weighted by atomic mass is 35.5. The molecule has 2 heterocycles. The number of hydrogen-bond acceptors (Lipinski definition) is 3. The Kier molecular flexibility index (Phi) is 4.75. The zero-order chi connectivity index (χ0) is 12.1. The van der Waals surface area contributed by atoms with Gasteiger partial charge in [-0.05, 0) is 56.8 Å². The average Bonchev–Trinajstić information content (AvgIpc) is 2.33. The molecule has 1 aromatic heterocycles. The SMILES string of the molecule is CCCN1CCC[C@H](Cc2ccc(Cl)nn2)C1. The molecular weight excluding hydrogens is 234 g/mol. The summed E-state index contributed by atoms with van der Waals surface area (Å²) in [4.78, 5) is 2.57. The van der Waals surface area contributed by atoms with Crippen molar-refractivity contribution in [1.82, 2.24) is 15.1 Å². The lowest BCUT2D eigenvalue weighted by Gasteiger charge is -2.32. The van der Waals surface area contributed by atoms with Crippen molar-refractivity contribution in [1.29, 1.82) is 0 Å². The molecule has 0 spiro atoms. The number of hydrogen-bond donors (Lipinski definition) is 0. The fourth-order valence-electron chi connectivity index (χ4n) is 2.59. The van der Waals surface area contributed by atoms with Gasteiger partial charge in [0.2, 0.25) is 0 Å². The van der Waals surface area contributed by atoms with Crippen LogP contribution in [0.1, 0.15) is 31.9 Å². The second-order valence-electron chi connectivity index (χ2n) is 4.86. The first-order chi connectivity index (χ1) is 8.28. The van der Waals surface area contributed by atoms with E-state index in [2.05, 4.69) is 22.0 Å². The summed E-state index contributed by atoms with van der Waals surface area (Å²) in [5.41, 5.74) is 1.07. The lowest BCUT2D eigenvalue weighted by Crippen LogP contribution is -2.36. The van der Waals surface area contributed by atoms with E-state index < -0.39 is 0 Å². The maximum Gasteiger partial charge on any atom is 0.151 e. The van der Waals surface area contributed by atoms with E-state index in [1.807, 2.05) is 12.1 Å². The van der Waals surface area contributed by atoms with Crippen molar-refractivity contribution >= 4 is 11.6 Å². The van der Waals surface area contributed by atoms with Gasteiger partial charge in [-0.25, -0.2) is 0 Å². The van der Waals surface area contributed by atoms with Crippen molar-refractivity contribution in [3.63, 3.8) is 0 Å². The summed E-state index contributed by atoms with van der Waals surface area (Å²) in [7, 11) is 0. The minimum absolute atomic E-state index is 0.477. The van der Waals surface area contributed by atoms with Gasteiger partial charge in [-0.1, -0.05) is 18.5 Å². The Hall–Kier alpha value is -0.670. The molecule has 0 aromatic carbocycles. The molecule has 3 nitrogen and oxygen atoms in total. The lowest BCUT2D eigenvalue weighted by molar-refractivity contribution is 0.174. The summed E-state index contributed by atoms with van der Waals surface area (Å²) < 4.78 is 0. The van der Waals surface area contributed by atoms with Crippen LogP contribution in [-0.4, -0.2) is 34.7 Å². The van der Waals surface area contributed by atoms with Crippen LogP contribution in [0.2, 0.25) is 5.15 Å². The first kappa shape index (κ1) is 12.8. The van der Waals surface area contributed by atoms with Gasteiger partial charge in [-0.3, -0.25) is 0 Å². The predicted octanol–water partition coefficient (Wildman–Crippen LogP) is 2.79. The molecule has 94 valence electrons. The van der Waals surface area contributed by atoms with E-state index >= 15 is 0 Å². The van der Waals surface area contributed by atoms with E-state index in [9.17, 15) is 0 Å². The van der Waals surface area contributed by atoms with E-state index in [0.717, 1.165) is 18.0 Å². The number of piperidine rings is 1. The Balaban J connectivity index is 1.87. The van der Waals surface area contributed by atoms with Gasteiger partial charge in [0.1, 0.15) is 0 Å². The Morgan fingerprint density at radius 1 is 1.41 bits per heavy atom. The molecule has 0 saturated carbocycles. The highest BCUT2D eigenvalue weighted by Crippen LogP contribution is 2.20. The Bertz CT molecular complexity index is 337. The number of rotatable bonds is 4. The van der Waals surface area contributed by atoms with Crippen LogP contribution in [0, 0.1) is 5.92 Å². The highest BCUT2D eigenvalue weighted by molar-refractivity contribution is 6.29. The van der Waals surface area contributed by atoms with E-state index in [1.54, 1.807) is 0 Å². The second-order valence-corrected chi connectivity index (χ2v) is 5.25. The summed E-state index contributed by atoms with van der Waals surface area (Å²) in [6.45, 7) is 5.94. The quantitative estimate of drug-likeness (QED) is 0.826. The van der Waals surface area contributed by atoms with Crippen LogP contribution in [0.4, 0.5) is 0 Å². The zero-order valence-corrected chi connectivity index (χ0v) is 11.2. The molecule has 0 aliphatic carbocycles. The minimum Gasteiger partial charge on any atom is -0.303 e. The lowest BCUT2D eigenvalue weighted by atomic mass is 9.93. The van der Waals surface area contributed by atoms with Crippen molar-refractivity contribution in [2.75, 3.05) is 19.6 Å². The molecular formula is C13H20ClN3. The fraction of sp³-hybridized carbons (Fsp3) is 0.692. The molecule has 0 radical (unpaired) electrons. The van der Waals surface area contributed by atoms with Crippen LogP contribution < -0.4 is 0 Å². The van der Waals surface area contributed by atoms with E-state index in [1.165, 1.54) is 38.9 Å². The van der Waals surface area contributed by atoms with E-state index in [4.69, 9.17) is 11.6 Å². The zero-order valence-electron chi connectivity index (χ0n) is 10.4. The molecule has 0 unspecified atom stereocenters. The van der Waals surface area contributed by atoms with Gasteiger partial charge < -0.3 is 4.90 Å². The first-order valence-corrected chi connectivity index (χ1v) is 6.86. The molecule has 1 aromatic rings. The molecule has 2 rings (SSSR count). The fourth-order valence-corrected chi connectivity index (χ4v) is 2.69. The average molecular weight is 254 g/mol. The van der Waals surface area contributed by atoms with Crippen LogP contribution in [-0.2, 0) is 6.42 Å². The van der Waals surface area contributed by atoms with Crippen molar-refractivity contribution in [3.8, 4) is 0 Å². The summed E-state index contributed by atoms with van der Waals surface area (Å²) in [6.07, 6.45) is 4.90. The van der Waals surface area contributed by atoms with Gasteiger partial charge in [0.05, 0.1) is 5.69 Å². The largest absolute Gasteiger partial charge is 0.303 e. The van der Waals surface area contributed by atoms with Crippen LogP contribution >= 0.6 is 11.6 Å². The van der Waals surface area contributed by atoms with Gasteiger partial charge in [0.25, 0.3) is 0 Å². The highest BCUT2D eigenvalue weighted by Gasteiger charge is 2.19. The molecule has 1 atom stereocenters. The third-order valence-corrected chi connectivity index (χ3v) is 3.53. The molecule has 0 amide bonds. The van der Waals surface area contributed by atoms with Crippen LogP contribution in [0.15, 0.2) is 12.1 Å². The normalized spacial score (nSPS) is 21.6. The Morgan fingerprint density at radius 2 is 2.29 bits per heavy atom. The summed E-state index contributed by atoms with van der Waals surface area (Å²) in [6, 6.07) is 3.82. The predicted molar refractivity (Wildman–Crippen MR) is 70.2 cm³/mol. The Morgan fingerprint density at radius 3 is 3.00 bits per heavy atom. The molecule has 0 N–H and O–H groups in total. The molecule has 1 saturated heterocycles. The third kappa shape index (κ3) is 3.93. The Labute approximate surface area is 108 Å².